The molecule has 0 radical (unpaired) electrons. The molecule has 1 atom stereocenters. The Hall–Kier alpha value is -1.72. The van der Waals surface area contributed by atoms with Crippen LogP contribution in [-0.2, 0) is 11.2 Å². The third-order valence-corrected chi connectivity index (χ3v) is 4.08. The fourth-order valence-electron chi connectivity index (χ4n) is 2.23. The second kappa shape index (κ2) is 5.11. The SMILES string of the molecule is O=C1Nc2cc(F)ccc2C1NCCc1cccs1. The van der Waals surface area contributed by atoms with Gasteiger partial charge < -0.3 is 10.6 Å². The Morgan fingerprint density at radius 3 is 3.05 bits per heavy atom. The van der Waals surface area contributed by atoms with Crippen LogP contribution in [0.4, 0.5) is 10.1 Å². The molecule has 19 heavy (non-hydrogen) atoms. The fourth-order valence-corrected chi connectivity index (χ4v) is 2.94. The largest absolute Gasteiger partial charge is 0.324 e. The molecular formula is C14H13FN2OS. The van der Waals surface area contributed by atoms with Crippen molar-refractivity contribution < 1.29 is 9.18 Å². The van der Waals surface area contributed by atoms with Crippen LogP contribution in [0.3, 0.4) is 0 Å². The summed E-state index contributed by atoms with van der Waals surface area (Å²) in [7, 11) is 0. The van der Waals surface area contributed by atoms with Gasteiger partial charge in [-0.2, -0.15) is 0 Å². The van der Waals surface area contributed by atoms with Crippen LogP contribution in [0.2, 0.25) is 0 Å². The van der Waals surface area contributed by atoms with Gasteiger partial charge in [0.1, 0.15) is 11.9 Å². The van der Waals surface area contributed by atoms with Gasteiger partial charge in [-0.05, 0) is 30.0 Å². The number of carbonyl (C=O) groups is 1. The number of amides is 1. The quantitative estimate of drug-likeness (QED) is 0.901. The number of anilines is 1. The molecule has 98 valence electrons. The Kier molecular flexibility index (Phi) is 3.31. The number of benzene rings is 1. The number of fused-ring (bicyclic) bond motifs is 1. The molecule has 0 saturated carbocycles. The molecule has 0 saturated heterocycles. The molecule has 3 rings (SSSR count). The Bertz CT molecular complexity index is 597. The van der Waals surface area contributed by atoms with E-state index in [9.17, 15) is 9.18 Å². The highest BCUT2D eigenvalue weighted by Crippen LogP contribution is 2.31. The van der Waals surface area contributed by atoms with Crippen molar-refractivity contribution in [1.29, 1.82) is 0 Å². The van der Waals surface area contributed by atoms with Gasteiger partial charge in [-0.3, -0.25) is 4.79 Å². The fraction of sp³-hybridized carbons (Fsp3) is 0.214. The van der Waals surface area contributed by atoms with E-state index in [0.717, 1.165) is 18.5 Å². The molecule has 1 aliphatic rings. The maximum Gasteiger partial charge on any atom is 0.246 e. The van der Waals surface area contributed by atoms with E-state index in [0.29, 0.717) is 5.69 Å². The summed E-state index contributed by atoms with van der Waals surface area (Å²) in [5, 5.41) is 7.95. The number of thiophene rings is 1. The van der Waals surface area contributed by atoms with E-state index < -0.39 is 0 Å². The van der Waals surface area contributed by atoms with Gasteiger partial charge in [0.2, 0.25) is 5.91 Å². The highest BCUT2D eigenvalue weighted by Gasteiger charge is 2.29. The van der Waals surface area contributed by atoms with Crippen molar-refractivity contribution in [3.05, 3.63) is 52.0 Å². The Balaban J connectivity index is 1.67. The first-order chi connectivity index (χ1) is 9.24. The second-order valence-corrected chi connectivity index (χ2v) is 5.47. The van der Waals surface area contributed by atoms with Crippen molar-refractivity contribution in [2.45, 2.75) is 12.5 Å². The summed E-state index contributed by atoms with van der Waals surface area (Å²) in [5.74, 6) is -0.454. The minimum absolute atomic E-state index is 0.119. The smallest absolute Gasteiger partial charge is 0.246 e. The van der Waals surface area contributed by atoms with Crippen molar-refractivity contribution in [2.75, 3.05) is 11.9 Å². The number of nitrogens with one attached hydrogen (secondary N) is 2. The van der Waals surface area contributed by atoms with E-state index in [1.807, 2.05) is 11.4 Å². The maximum absolute atomic E-state index is 13.1. The average Bonchev–Trinajstić information content (AvgIpc) is 2.98. The van der Waals surface area contributed by atoms with E-state index in [1.165, 1.54) is 17.0 Å². The van der Waals surface area contributed by atoms with E-state index >= 15 is 0 Å². The normalized spacial score (nSPS) is 17.3. The average molecular weight is 276 g/mol. The molecule has 0 aliphatic carbocycles. The minimum Gasteiger partial charge on any atom is -0.324 e. The first-order valence-electron chi connectivity index (χ1n) is 6.10. The molecule has 5 heteroatoms. The molecule has 1 aliphatic heterocycles. The summed E-state index contributed by atoms with van der Waals surface area (Å²) in [6, 6.07) is 8.10. The maximum atomic E-state index is 13.1. The van der Waals surface area contributed by atoms with Crippen molar-refractivity contribution in [2.24, 2.45) is 0 Å². The number of hydrogen-bond donors (Lipinski definition) is 2. The lowest BCUT2D eigenvalue weighted by atomic mass is 10.1. The molecule has 1 aromatic carbocycles. The summed E-state index contributed by atoms with van der Waals surface area (Å²) in [4.78, 5) is 13.1. The monoisotopic (exact) mass is 276 g/mol. The van der Waals surface area contributed by atoms with Crippen LogP contribution in [0.25, 0.3) is 0 Å². The van der Waals surface area contributed by atoms with E-state index in [1.54, 1.807) is 17.4 Å². The Morgan fingerprint density at radius 1 is 1.37 bits per heavy atom. The number of halogens is 1. The highest BCUT2D eigenvalue weighted by atomic mass is 32.1. The van der Waals surface area contributed by atoms with Gasteiger partial charge in [0.25, 0.3) is 0 Å². The number of hydrogen-bond acceptors (Lipinski definition) is 3. The van der Waals surface area contributed by atoms with Crippen LogP contribution in [0.1, 0.15) is 16.5 Å². The van der Waals surface area contributed by atoms with E-state index in [-0.39, 0.29) is 17.8 Å². The molecule has 2 N–H and O–H groups in total. The van der Waals surface area contributed by atoms with Crippen molar-refractivity contribution in [1.82, 2.24) is 5.32 Å². The molecule has 3 nitrogen and oxygen atoms in total. The summed E-state index contributed by atoms with van der Waals surface area (Å²) in [5.41, 5.74) is 1.39. The minimum atomic E-state index is -0.379. The lowest BCUT2D eigenvalue weighted by Crippen LogP contribution is -2.29. The summed E-state index contributed by atoms with van der Waals surface area (Å²) < 4.78 is 13.1. The predicted octanol–water partition coefficient (Wildman–Crippen LogP) is 2.71. The van der Waals surface area contributed by atoms with Crippen LogP contribution < -0.4 is 10.6 Å². The number of rotatable bonds is 4. The molecule has 0 fully saturated rings. The molecular weight excluding hydrogens is 263 g/mol. The van der Waals surface area contributed by atoms with Gasteiger partial charge in [0, 0.05) is 22.7 Å². The summed E-state index contributed by atoms with van der Waals surface area (Å²) >= 11 is 1.70. The van der Waals surface area contributed by atoms with Gasteiger partial charge in [0.15, 0.2) is 0 Å². The lowest BCUT2D eigenvalue weighted by Gasteiger charge is -2.10. The molecule has 1 amide bonds. The second-order valence-electron chi connectivity index (χ2n) is 4.44. The Morgan fingerprint density at radius 2 is 2.26 bits per heavy atom. The topological polar surface area (TPSA) is 41.1 Å². The van der Waals surface area contributed by atoms with Gasteiger partial charge in [-0.25, -0.2) is 4.39 Å². The number of carbonyl (C=O) groups excluding carboxylic acids is 1. The van der Waals surface area contributed by atoms with Crippen LogP contribution in [0, 0.1) is 5.82 Å². The van der Waals surface area contributed by atoms with Crippen molar-refractivity contribution in [3.8, 4) is 0 Å². The molecule has 2 heterocycles. The zero-order chi connectivity index (χ0) is 13.2. The van der Waals surface area contributed by atoms with Crippen molar-refractivity contribution in [3.63, 3.8) is 0 Å². The Labute approximate surface area is 114 Å². The van der Waals surface area contributed by atoms with Crippen LogP contribution >= 0.6 is 11.3 Å². The molecule has 0 bridgehead atoms. The van der Waals surface area contributed by atoms with Crippen LogP contribution in [-0.4, -0.2) is 12.5 Å². The molecule has 2 aromatic rings. The van der Waals surface area contributed by atoms with Crippen LogP contribution in [0.5, 0.6) is 0 Å². The van der Waals surface area contributed by atoms with Crippen LogP contribution in [0.15, 0.2) is 35.7 Å². The lowest BCUT2D eigenvalue weighted by molar-refractivity contribution is -0.117. The third-order valence-electron chi connectivity index (χ3n) is 3.15. The molecule has 0 spiro atoms. The highest BCUT2D eigenvalue weighted by molar-refractivity contribution is 7.09. The molecule has 1 aromatic heterocycles. The molecule has 1 unspecified atom stereocenters. The van der Waals surface area contributed by atoms with Gasteiger partial charge >= 0.3 is 0 Å². The van der Waals surface area contributed by atoms with Crippen molar-refractivity contribution >= 4 is 22.9 Å². The zero-order valence-electron chi connectivity index (χ0n) is 10.2. The van der Waals surface area contributed by atoms with Gasteiger partial charge in [-0.15, -0.1) is 11.3 Å². The van der Waals surface area contributed by atoms with Gasteiger partial charge in [0.05, 0.1) is 0 Å². The van der Waals surface area contributed by atoms with E-state index in [2.05, 4.69) is 16.7 Å². The first kappa shape index (κ1) is 12.3. The van der Waals surface area contributed by atoms with Gasteiger partial charge in [-0.1, -0.05) is 12.1 Å². The van der Waals surface area contributed by atoms with E-state index in [4.69, 9.17) is 0 Å². The third kappa shape index (κ3) is 2.52. The summed E-state index contributed by atoms with van der Waals surface area (Å²) in [6.07, 6.45) is 0.887. The zero-order valence-corrected chi connectivity index (χ0v) is 11.0. The first-order valence-corrected chi connectivity index (χ1v) is 6.98. The standard InChI is InChI=1S/C14H13FN2OS/c15-9-3-4-11-12(8-9)17-14(18)13(11)16-6-5-10-2-1-7-19-10/h1-4,7-8,13,16H,5-6H2,(H,17,18). The predicted molar refractivity (Wildman–Crippen MR) is 73.8 cm³/mol. The summed E-state index contributed by atoms with van der Waals surface area (Å²) in [6.45, 7) is 0.718.